The van der Waals surface area contributed by atoms with E-state index in [2.05, 4.69) is 4.90 Å². The van der Waals surface area contributed by atoms with E-state index in [1.165, 1.54) is 0 Å². The molecule has 1 aliphatic heterocycles. The van der Waals surface area contributed by atoms with Gasteiger partial charge in [0.05, 0.1) is 13.2 Å². The number of esters is 1. The van der Waals surface area contributed by atoms with Gasteiger partial charge in [0.25, 0.3) is 0 Å². The van der Waals surface area contributed by atoms with Crippen molar-refractivity contribution in [3.63, 3.8) is 0 Å². The van der Waals surface area contributed by atoms with Crippen LogP contribution in [0.4, 0.5) is 0 Å². The molecule has 0 aromatic heterocycles. The molecule has 0 aromatic rings. The molecule has 16 heavy (non-hydrogen) atoms. The third-order valence-corrected chi connectivity index (χ3v) is 2.90. The Kier molecular flexibility index (Phi) is 5.77. The molecule has 0 saturated carbocycles. The summed E-state index contributed by atoms with van der Waals surface area (Å²) in [5.74, 6) is 0.683. The van der Waals surface area contributed by atoms with Crippen LogP contribution in [0.1, 0.15) is 26.7 Å². The first-order chi connectivity index (χ1) is 7.61. The van der Waals surface area contributed by atoms with E-state index >= 15 is 0 Å². The van der Waals surface area contributed by atoms with Crippen molar-refractivity contribution in [3.05, 3.63) is 0 Å². The fraction of sp³-hybridized carbons (Fsp3) is 0.917. The predicted octanol–water partition coefficient (Wildman–Crippen LogP) is 0.890. The molecule has 0 amide bonds. The zero-order valence-electron chi connectivity index (χ0n) is 10.3. The van der Waals surface area contributed by atoms with E-state index in [9.17, 15) is 4.79 Å². The molecule has 0 aliphatic carbocycles. The number of nitrogens with zero attached hydrogens (tertiary/aromatic N) is 1. The fourth-order valence-electron chi connectivity index (χ4n) is 1.81. The van der Waals surface area contributed by atoms with Crippen LogP contribution in [-0.4, -0.2) is 48.8 Å². The maximum Gasteiger partial charge on any atom is 0.320 e. The zero-order chi connectivity index (χ0) is 12.0. The summed E-state index contributed by atoms with van der Waals surface area (Å²) < 4.78 is 5.13. The quantitative estimate of drug-likeness (QED) is 0.711. The molecule has 4 heteroatoms. The summed E-state index contributed by atoms with van der Waals surface area (Å²) in [6.07, 6.45) is 1.96. The number of carbonyl (C=O) groups excluding carboxylic acids is 1. The molecule has 0 radical (unpaired) electrons. The highest BCUT2D eigenvalue weighted by atomic mass is 16.5. The van der Waals surface area contributed by atoms with Gasteiger partial charge in [0.1, 0.15) is 0 Å². The fourth-order valence-corrected chi connectivity index (χ4v) is 1.81. The van der Waals surface area contributed by atoms with Crippen LogP contribution in [0, 0.1) is 11.8 Å². The standard InChI is InChI=1S/C12H23NO3/c1-10(2)9-16-12(15)7-13-5-3-11(8-14)4-6-13/h10-11,14H,3-9H2,1-2H3. The minimum atomic E-state index is -0.129. The number of hydrogen-bond donors (Lipinski definition) is 1. The van der Waals surface area contributed by atoms with Crippen LogP contribution in [0.15, 0.2) is 0 Å². The van der Waals surface area contributed by atoms with Crippen molar-refractivity contribution in [2.45, 2.75) is 26.7 Å². The van der Waals surface area contributed by atoms with E-state index in [0.29, 0.717) is 25.0 Å². The van der Waals surface area contributed by atoms with Crippen LogP contribution in [0.3, 0.4) is 0 Å². The third-order valence-electron chi connectivity index (χ3n) is 2.90. The summed E-state index contributed by atoms with van der Waals surface area (Å²) >= 11 is 0. The number of aliphatic hydroxyl groups is 1. The van der Waals surface area contributed by atoms with Crippen molar-refractivity contribution in [1.82, 2.24) is 4.90 Å². The number of piperidine rings is 1. The molecule has 94 valence electrons. The average Bonchev–Trinajstić information content (AvgIpc) is 2.27. The number of rotatable bonds is 5. The number of carbonyl (C=O) groups is 1. The Morgan fingerprint density at radius 3 is 2.56 bits per heavy atom. The van der Waals surface area contributed by atoms with Gasteiger partial charge in [-0.1, -0.05) is 13.8 Å². The summed E-state index contributed by atoms with van der Waals surface area (Å²) in [6, 6.07) is 0. The van der Waals surface area contributed by atoms with Crippen molar-refractivity contribution in [3.8, 4) is 0 Å². The number of ether oxygens (including phenoxy) is 1. The van der Waals surface area contributed by atoms with Gasteiger partial charge >= 0.3 is 5.97 Å². The van der Waals surface area contributed by atoms with Crippen LogP contribution in [0.25, 0.3) is 0 Å². The first kappa shape index (κ1) is 13.5. The Hall–Kier alpha value is -0.610. The van der Waals surface area contributed by atoms with Crippen molar-refractivity contribution >= 4 is 5.97 Å². The van der Waals surface area contributed by atoms with Gasteiger partial charge in [0, 0.05) is 6.61 Å². The summed E-state index contributed by atoms with van der Waals surface area (Å²) in [7, 11) is 0. The van der Waals surface area contributed by atoms with Crippen LogP contribution < -0.4 is 0 Å². The van der Waals surface area contributed by atoms with Gasteiger partial charge in [-0.3, -0.25) is 9.69 Å². The van der Waals surface area contributed by atoms with Gasteiger partial charge in [-0.25, -0.2) is 0 Å². The minimum Gasteiger partial charge on any atom is -0.464 e. The van der Waals surface area contributed by atoms with Gasteiger partial charge in [-0.05, 0) is 37.8 Å². The lowest BCUT2D eigenvalue weighted by Gasteiger charge is -2.30. The van der Waals surface area contributed by atoms with Crippen LogP contribution in [0.2, 0.25) is 0 Å². The van der Waals surface area contributed by atoms with E-state index in [1.807, 2.05) is 13.8 Å². The molecule has 1 heterocycles. The highest BCUT2D eigenvalue weighted by Gasteiger charge is 2.20. The van der Waals surface area contributed by atoms with Gasteiger partial charge in [-0.15, -0.1) is 0 Å². The summed E-state index contributed by atoms with van der Waals surface area (Å²) in [5.41, 5.74) is 0. The van der Waals surface area contributed by atoms with Crippen molar-refractivity contribution in [2.75, 3.05) is 32.8 Å². The Balaban J connectivity index is 2.15. The molecule has 4 nitrogen and oxygen atoms in total. The molecule has 1 saturated heterocycles. The molecule has 1 fully saturated rings. The van der Waals surface area contributed by atoms with E-state index in [4.69, 9.17) is 9.84 Å². The van der Waals surface area contributed by atoms with Gasteiger partial charge in [0.15, 0.2) is 0 Å². The molecule has 1 N–H and O–H groups in total. The average molecular weight is 229 g/mol. The number of hydrogen-bond acceptors (Lipinski definition) is 4. The molecular formula is C12H23NO3. The maximum atomic E-state index is 11.5. The molecular weight excluding hydrogens is 206 g/mol. The Bertz CT molecular complexity index is 210. The number of likely N-dealkylation sites (tertiary alicyclic amines) is 1. The summed E-state index contributed by atoms with van der Waals surface area (Å²) in [4.78, 5) is 13.6. The lowest BCUT2D eigenvalue weighted by atomic mass is 9.98. The summed E-state index contributed by atoms with van der Waals surface area (Å²) in [6.45, 7) is 7.01. The minimum absolute atomic E-state index is 0.129. The molecule has 1 rings (SSSR count). The van der Waals surface area contributed by atoms with Gasteiger partial charge < -0.3 is 9.84 Å². The Morgan fingerprint density at radius 1 is 1.44 bits per heavy atom. The van der Waals surface area contributed by atoms with Crippen molar-refractivity contribution in [1.29, 1.82) is 0 Å². The molecule has 0 aromatic carbocycles. The monoisotopic (exact) mass is 229 g/mol. The predicted molar refractivity (Wildman–Crippen MR) is 62.0 cm³/mol. The third kappa shape index (κ3) is 4.94. The molecule has 1 aliphatic rings. The van der Waals surface area contributed by atoms with E-state index in [0.717, 1.165) is 25.9 Å². The second-order valence-electron chi connectivity index (χ2n) is 4.98. The van der Waals surface area contributed by atoms with E-state index in [-0.39, 0.29) is 12.6 Å². The maximum absolute atomic E-state index is 11.5. The highest BCUT2D eigenvalue weighted by Crippen LogP contribution is 2.15. The van der Waals surface area contributed by atoms with E-state index < -0.39 is 0 Å². The second kappa shape index (κ2) is 6.86. The summed E-state index contributed by atoms with van der Waals surface area (Å²) in [5, 5.41) is 8.99. The first-order valence-corrected chi connectivity index (χ1v) is 6.10. The van der Waals surface area contributed by atoms with Gasteiger partial charge in [-0.2, -0.15) is 0 Å². The highest BCUT2D eigenvalue weighted by molar-refractivity contribution is 5.71. The topological polar surface area (TPSA) is 49.8 Å². The molecule has 0 bridgehead atoms. The largest absolute Gasteiger partial charge is 0.464 e. The lowest BCUT2D eigenvalue weighted by molar-refractivity contribution is -0.146. The van der Waals surface area contributed by atoms with Crippen LogP contribution >= 0.6 is 0 Å². The first-order valence-electron chi connectivity index (χ1n) is 6.10. The van der Waals surface area contributed by atoms with Gasteiger partial charge in [0.2, 0.25) is 0 Å². The van der Waals surface area contributed by atoms with E-state index in [1.54, 1.807) is 0 Å². The Morgan fingerprint density at radius 2 is 2.06 bits per heavy atom. The van der Waals surface area contributed by atoms with Crippen molar-refractivity contribution in [2.24, 2.45) is 11.8 Å². The smallest absolute Gasteiger partial charge is 0.320 e. The zero-order valence-corrected chi connectivity index (χ0v) is 10.3. The second-order valence-corrected chi connectivity index (χ2v) is 4.98. The molecule has 0 atom stereocenters. The Labute approximate surface area is 97.6 Å². The molecule has 0 spiro atoms. The molecule has 0 unspecified atom stereocenters. The van der Waals surface area contributed by atoms with Crippen LogP contribution in [0.5, 0.6) is 0 Å². The van der Waals surface area contributed by atoms with Crippen molar-refractivity contribution < 1.29 is 14.6 Å². The normalized spacial score (nSPS) is 19.0. The number of aliphatic hydroxyl groups excluding tert-OH is 1. The lowest BCUT2D eigenvalue weighted by Crippen LogP contribution is -2.38. The SMILES string of the molecule is CC(C)COC(=O)CN1CCC(CO)CC1. The van der Waals surface area contributed by atoms with Crippen LogP contribution in [-0.2, 0) is 9.53 Å².